The Bertz CT molecular complexity index is 337. The molecule has 0 aliphatic rings. The highest BCUT2D eigenvalue weighted by Gasteiger charge is 2.14. The van der Waals surface area contributed by atoms with Crippen LogP contribution in [0.1, 0.15) is 20.3 Å². The highest BCUT2D eigenvalue weighted by molar-refractivity contribution is 7.85. The normalized spacial score (nSPS) is 17.1. The lowest BCUT2D eigenvalue weighted by Gasteiger charge is -2.13. The third-order valence-electron chi connectivity index (χ3n) is 2.12. The van der Waals surface area contributed by atoms with Crippen molar-refractivity contribution in [1.29, 1.82) is 0 Å². The summed E-state index contributed by atoms with van der Waals surface area (Å²) in [5.74, 6) is -0.310. The first kappa shape index (κ1) is 12.3. The summed E-state index contributed by atoms with van der Waals surface area (Å²) in [6.45, 7) is 3.78. The third kappa shape index (κ3) is 3.72. The van der Waals surface area contributed by atoms with E-state index < -0.39 is 10.8 Å². The summed E-state index contributed by atoms with van der Waals surface area (Å²) in [6.07, 6.45) is 0.698. The minimum absolute atomic E-state index is 0.00420. The SMILES string of the molecule is CC(N)CC(C)S(=O)c1ccc(F)cc1. The highest BCUT2D eigenvalue weighted by atomic mass is 32.2. The zero-order chi connectivity index (χ0) is 11.4. The van der Waals surface area contributed by atoms with E-state index in [2.05, 4.69) is 0 Å². The van der Waals surface area contributed by atoms with Crippen molar-refractivity contribution >= 4 is 10.8 Å². The number of rotatable bonds is 4. The molecule has 0 radical (unpaired) electrons. The molecule has 0 aliphatic carbocycles. The van der Waals surface area contributed by atoms with Crippen molar-refractivity contribution in [2.45, 2.75) is 36.5 Å². The van der Waals surface area contributed by atoms with Crippen LogP contribution in [0, 0.1) is 5.82 Å². The van der Waals surface area contributed by atoms with Gasteiger partial charge in [-0.05, 0) is 37.6 Å². The molecule has 15 heavy (non-hydrogen) atoms. The van der Waals surface area contributed by atoms with Crippen molar-refractivity contribution in [1.82, 2.24) is 0 Å². The molecule has 0 saturated carbocycles. The van der Waals surface area contributed by atoms with E-state index >= 15 is 0 Å². The molecule has 0 saturated heterocycles. The van der Waals surface area contributed by atoms with Gasteiger partial charge in [-0.15, -0.1) is 0 Å². The number of nitrogens with two attached hydrogens (primary N) is 1. The van der Waals surface area contributed by atoms with Crippen molar-refractivity contribution in [3.05, 3.63) is 30.1 Å². The molecule has 84 valence electrons. The predicted octanol–water partition coefficient (Wildman–Crippen LogP) is 2.06. The molecule has 1 rings (SSSR count). The number of halogens is 1. The van der Waals surface area contributed by atoms with Crippen LogP contribution in [0.25, 0.3) is 0 Å². The van der Waals surface area contributed by atoms with Gasteiger partial charge >= 0.3 is 0 Å². The molecule has 0 aliphatic heterocycles. The van der Waals surface area contributed by atoms with E-state index in [4.69, 9.17) is 5.73 Å². The number of hydrogen-bond donors (Lipinski definition) is 1. The van der Waals surface area contributed by atoms with Crippen LogP contribution >= 0.6 is 0 Å². The zero-order valence-corrected chi connectivity index (χ0v) is 9.76. The quantitative estimate of drug-likeness (QED) is 0.858. The standard InChI is InChI=1S/C11H16FNOS/c1-8(13)7-9(2)15(14)11-5-3-10(12)4-6-11/h3-6,8-9H,7,13H2,1-2H3. The maximum Gasteiger partial charge on any atom is 0.123 e. The molecule has 0 heterocycles. The molecule has 2 N–H and O–H groups in total. The Hall–Kier alpha value is -0.740. The molecular formula is C11H16FNOS. The Labute approximate surface area is 92.1 Å². The maximum atomic E-state index is 12.6. The lowest BCUT2D eigenvalue weighted by Crippen LogP contribution is -2.24. The van der Waals surface area contributed by atoms with E-state index in [1.54, 1.807) is 12.1 Å². The summed E-state index contributed by atoms with van der Waals surface area (Å²) in [6, 6.07) is 5.80. The fourth-order valence-corrected chi connectivity index (χ4v) is 2.76. The van der Waals surface area contributed by atoms with Gasteiger partial charge in [-0.3, -0.25) is 4.21 Å². The van der Waals surface area contributed by atoms with Crippen LogP contribution in [0.2, 0.25) is 0 Å². The Balaban J connectivity index is 2.72. The summed E-state index contributed by atoms with van der Waals surface area (Å²) >= 11 is 0. The number of hydrogen-bond acceptors (Lipinski definition) is 2. The second-order valence-electron chi connectivity index (χ2n) is 3.77. The second-order valence-corrected chi connectivity index (χ2v) is 5.65. The van der Waals surface area contributed by atoms with E-state index in [0.29, 0.717) is 11.3 Å². The van der Waals surface area contributed by atoms with Gasteiger partial charge in [-0.2, -0.15) is 0 Å². The van der Waals surface area contributed by atoms with E-state index in [1.165, 1.54) is 12.1 Å². The fraction of sp³-hybridized carbons (Fsp3) is 0.455. The van der Waals surface area contributed by atoms with Crippen LogP contribution in [0.3, 0.4) is 0 Å². The Morgan fingerprint density at radius 3 is 2.33 bits per heavy atom. The summed E-state index contributed by atoms with van der Waals surface area (Å²) in [7, 11) is -1.10. The minimum Gasteiger partial charge on any atom is -0.328 e. The smallest absolute Gasteiger partial charge is 0.123 e. The van der Waals surface area contributed by atoms with Gasteiger partial charge in [0.15, 0.2) is 0 Å². The molecule has 1 aromatic rings. The van der Waals surface area contributed by atoms with Crippen molar-refractivity contribution < 1.29 is 8.60 Å². The monoisotopic (exact) mass is 229 g/mol. The predicted molar refractivity (Wildman–Crippen MR) is 60.5 cm³/mol. The maximum absolute atomic E-state index is 12.6. The van der Waals surface area contributed by atoms with Crippen LogP contribution < -0.4 is 5.73 Å². The van der Waals surface area contributed by atoms with Gasteiger partial charge in [0.2, 0.25) is 0 Å². The van der Waals surface area contributed by atoms with Gasteiger partial charge in [0.1, 0.15) is 5.82 Å². The second kappa shape index (κ2) is 5.37. The first-order valence-corrected chi connectivity index (χ1v) is 6.13. The van der Waals surface area contributed by atoms with Gasteiger partial charge in [-0.1, -0.05) is 6.92 Å². The summed E-state index contributed by atoms with van der Waals surface area (Å²) in [4.78, 5) is 0.657. The molecule has 2 nitrogen and oxygen atoms in total. The molecule has 3 unspecified atom stereocenters. The topological polar surface area (TPSA) is 43.1 Å². The number of benzene rings is 1. The van der Waals surface area contributed by atoms with Gasteiger partial charge in [0.25, 0.3) is 0 Å². The third-order valence-corrected chi connectivity index (χ3v) is 3.78. The van der Waals surface area contributed by atoms with Crippen LogP contribution in [-0.2, 0) is 10.8 Å². The Morgan fingerprint density at radius 2 is 1.87 bits per heavy atom. The Kier molecular flexibility index (Phi) is 4.42. The van der Waals surface area contributed by atoms with Crippen molar-refractivity contribution in [2.24, 2.45) is 5.73 Å². The van der Waals surface area contributed by atoms with E-state index in [1.807, 2.05) is 13.8 Å². The van der Waals surface area contributed by atoms with Gasteiger partial charge in [0, 0.05) is 16.2 Å². The molecule has 0 fully saturated rings. The molecule has 0 bridgehead atoms. The largest absolute Gasteiger partial charge is 0.328 e. The van der Waals surface area contributed by atoms with Gasteiger partial charge in [0.05, 0.1) is 10.8 Å². The minimum atomic E-state index is -1.10. The van der Waals surface area contributed by atoms with Crippen LogP contribution in [0.5, 0.6) is 0 Å². The first-order chi connectivity index (χ1) is 7.00. The van der Waals surface area contributed by atoms with Crippen LogP contribution in [0.15, 0.2) is 29.2 Å². The van der Waals surface area contributed by atoms with E-state index in [-0.39, 0.29) is 17.1 Å². The zero-order valence-electron chi connectivity index (χ0n) is 8.94. The molecule has 0 amide bonds. The Morgan fingerprint density at radius 1 is 1.33 bits per heavy atom. The van der Waals surface area contributed by atoms with Crippen molar-refractivity contribution in [3.63, 3.8) is 0 Å². The first-order valence-electron chi connectivity index (χ1n) is 4.92. The van der Waals surface area contributed by atoms with E-state index in [9.17, 15) is 8.60 Å². The van der Waals surface area contributed by atoms with Crippen LogP contribution in [-0.4, -0.2) is 15.5 Å². The van der Waals surface area contributed by atoms with Crippen LogP contribution in [0.4, 0.5) is 4.39 Å². The molecule has 0 aromatic heterocycles. The van der Waals surface area contributed by atoms with Crippen molar-refractivity contribution in [2.75, 3.05) is 0 Å². The van der Waals surface area contributed by atoms with Gasteiger partial charge in [-0.25, -0.2) is 4.39 Å². The molecule has 1 aromatic carbocycles. The average molecular weight is 229 g/mol. The molecule has 4 heteroatoms. The lowest BCUT2D eigenvalue weighted by molar-refractivity contribution is 0.622. The van der Waals surface area contributed by atoms with E-state index in [0.717, 1.165) is 0 Å². The summed E-state index contributed by atoms with van der Waals surface area (Å²) < 4.78 is 24.6. The molecule has 0 spiro atoms. The summed E-state index contributed by atoms with van der Waals surface area (Å²) in [5, 5.41) is -0.00420. The van der Waals surface area contributed by atoms with Crippen molar-refractivity contribution in [3.8, 4) is 0 Å². The summed E-state index contributed by atoms with van der Waals surface area (Å²) in [5.41, 5.74) is 5.64. The average Bonchev–Trinajstić information content (AvgIpc) is 2.17. The van der Waals surface area contributed by atoms with Gasteiger partial charge < -0.3 is 5.73 Å². The lowest BCUT2D eigenvalue weighted by atomic mass is 10.2. The molecular weight excluding hydrogens is 213 g/mol. The molecule has 3 atom stereocenters. The fourth-order valence-electron chi connectivity index (χ4n) is 1.41. The highest BCUT2D eigenvalue weighted by Crippen LogP contribution is 2.14.